The SMILES string of the molecule is CC(=O)N1Cc2ccccc2C1C. The molecule has 0 radical (unpaired) electrons. The number of carbonyl (C=O) groups excluding carboxylic acids is 1. The van der Waals surface area contributed by atoms with Crippen LogP contribution in [0, 0.1) is 0 Å². The number of hydrogen-bond acceptors (Lipinski definition) is 1. The van der Waals surface area contributed by atoms with Crippen LogP contribution in [0.2, 0.25) is 0 Å². The van der Waals surface area contributed by atoms with Crippen LogP contribution in [0.25, 0.3) is 0 Å². The highest BCUT2D eigenvalue weighted by atomic mass is 16.2. The standard InChI is InChI=1S/C11H13NO/c1-8-11-6-4-3-5-10(11)7-12(8)9(2)13/h3-6,8H,7H2,1-2H3. The predicted molar refractivity (Wildman–Crippen MR) is 51.1 cm³/mol. The summed E-state index contributed by atoms with van der Waals surface area (Å²) in [6, 6.07) is 8.49. The zero-order valence-electron chi connectivity index (χ0n) is 7.95. The molecule has 1 amide bonds. The molecule has 2 rings (SSSR count). The van der Waals surface area contributed by atoms with E-state index in [0.29, 0.717) is 0 Å². The van der Waals surface area contributed by atoms with E-state index in [0.717, 1.165) is 6.54 Å². The first-order valence-corrected chi connectivity index (χ1v) is 4.55. The summed E-state index contributed by atoms with van der Waals surface area (Å²) >= 11 is 0. The minimum absolute atomic E-state index is 0.156. The van der Waals surface area contributed by atoms with Gasteiger partial charge in [0.25, 0.3) is 0 Å². The van der Waals surface area contributed by atoms with Crippen molar-refractivity contribution in [3.05, 3.63) is 35.4 Å². The second-order valence-electron chi connectivity index (χ2n) is 3.52. The Morgan fingerprint density at radius 3 is 2.77 bits per heavy atom. The number of benzene rings is 1. The third-order valence-electron chi connectivity index (χ3n) is 2.72. The Kier molecular flexibility index (Phi) is 1.83. The van der Waals surface area contributed by atoms with Crippen LogP contribution in [0.15, 0.2) is 24.3 Å². The number of amides is 1. The molecule has 1 unspecified atom stereocenters. The molecule has 0 aromatic heterocycles. The molecule has 1 aromatic rings. The number of fused-ring (bicyclic) bond motifs is 1. The van der Waals surface area contributed by atoms with E-state index in [1.807, 2.05) is 17.0 Å². The van der Waals surface area contributed by atoms with Crippen LogP contribution in [-0.4, -0.2) is 10.8 Å². The molecule has 0 saturated carbocycles. The molecular weight excluding hydrogens is 162 g/mol. The molecule has 1 heterocycles. The molecule has 0 N–H and O–H groups in total. The predicted octanol–water partition coefficient (Wildman–Crippen LogP) is 2.11. The summed E-state index contributed by atoms with van der Waals surface area (Å²) in [5, 5.41) is 0. The van der Waals surface area contributed by atoms with Gasteiger partial charge in [-0.05, 0) is 18.1 Å². The molecule has 0 aliphatic carbocycles. The second-order valence-corrected chi connectivity index (χ2v) is 3.52. The first-order valence-electron chi connectivity index (χ1n) is 4.55. The highest BCUT2D eigenvalue weighted by molar-refractivity contribution is 5.74. The van der Waals surface area contributed by atoms with Crippen molar-refractivity contribution < 1.29 is 4.79 Å². The maximum atomic E-state index is 11.3. The normalized spacial score (nSPS) is 20.2. The van der Waals surface area contributed by atoms with Crippen molar-refractivity contribution in [3.8, 4) is 0 Å². The average molecular weight is 175 g/mol. The first-order chi connectivity index (χ1) is 6.20. The Labute approximate surface area is 78.2 Å². The van der Waals surface area contributed by atoms with E-state index in [-0.39, 0.29) is 11.9 Å². The van der Waals surface area contributed by atoms with Gasteiger partial charge in [-0.25, -0.2) is 0 Å². The van der Waals surface area contributed by atoms with Gasteiger partial charge in [0.05, 0.1) is 6.04 Å². The lowest BCUT2D eigenvalue weighted by Gasteiger charge is -2.19. The number of carbonyl (C=O) groups is 1. The van der Waals surface area contributed by atoms with Gasteiger partial charge in [-0.15, -0.1) is 0 Å². The molecule has 68 valence electrons. The van der Waals surface area contributed by atoms with Crippen molar-refractivity contribution >= 4 is 5.91 Å². The van der Waals surface area contributed by atoms with E-state index >= 15 is 0 Å². The molecule has 1 aromatic carbocycles. The Bertz CT molecular complexity index is 346. The third kappa shape index (κ3) is 1.22. The summed E-state index contributed by atoms with van der Waals surface area (Å²) in [6.07, 6.45) is 0. The summed E-state index contributed by atoms with van der Waals surface area (Å²) < 4.78 is 0. The van der Waals surface area contributed by atoms with Crippen LogP contribution in [0.3, 0.4) is 0 Å². The molecule has 0 spiro atoms. The van der Waals surface area contributed by atoms with Crippen molar-refractivity contribution in [2.45, 2.75) is 26.4 Å². The lowest BCUT2D eigenvalue weighted by atomic mass is 10.1. The average Bonchev–Trinajstić information content (AvgIpc) is 2.45. The zero-order chi connectivity index (χ0) is 9.42. The fourth-order valence-electron chi connectivity index (χ4n) is 1.96. The Hall–Kier alpha value is -1.31. The van der Waals surface area contributed by atoms with Crippen molar-refractivity contribution in [2.24, 2.45) is 0 Å². The van der Waals surface area contributed by atoms with Gasteiger partial charge in [-0.2, -0.15) is 0 Å². The monoisotopic (exact) mass is 175 g/mol. The lowest BCUT2D eigenvalue weighted by molar-refractivity contribution is -0.130. The third-order valence-corrected chi connectivity index (χ3v) is 2.72. The maximum absolute atomic E-state index is 11.3. The summed E-state index contributed by atoms with van der Waals surface area (Å²) in [5.74, 6) is 0.156. The van der Waals surface area contributed by atoms with Crippen LogP contribution in [0.4, 0.5) is 0 Å². The Morgan fingerprint density at radius 1 is 1.46 bits per heavy atom. The number of nitrogens with zero attached hydrogens (tertiary/aromatic N) is 1. The molecule has 1 aliphatic heterocycles. The van der Waals surface area contributed by atoms with Crippen molar-refractivity contribution in [1.82, 2.24) is 4.90 Å². The zero-order valence-corrected chi connectivity index (χ0v) is 7.95. The first kappa shape index (κ1) is 8.30. The largest absolute Gasteiger partial charge is 0.332 e. The van der Waals surface area contributed by atoms with Gasteiger partial charge in [0.2, 0.25) is 5.91 Å². The van der Waals surface area contributed by atoms with Gasteiger partial charge in [0, 0.05) is 13.5 Å². The molecular formula is C11H13NO. The topological polar surface area (TPSA) is 20.3 Å². The highest BCUT2D eigenvalue weighted by Gasteiger charge is 2.27. The molecule has 13 heavy (non-hydrogen) atoms. The minimum Gasteiger partial charge on any atom is -0.332 e. The maximum Gasteiger partial charge on any atom is 0.220 e. The van der Waals surface area contributed by atoms with E-state index in [9.17, 15) is 4.79 Å². The fraction of sp³-hybridized carbons (Fsp3) is 0.364. The molecule has 2 nitrogen and oxygen atoms in total. The molecule has 1 aliphatic rings. The molecule has 0 fully saturated rings. The van der Waals surface area contributed by atoms with Gasteiger partial charge in [0.15, 0.2) is 0 Å². The van der Waals surface area contributed by atoms with Crippen LogP contribution < -0.4 is 0 Å². The molecule has 1 atom stereocenters. The molecule has 2 heteroatoms. The van der Waals surface area contributed by atoms with E-state index in [2.05, 4.69) is 19.1 Å². The minimum atomic E-state index is 0.156. The molecule has 0 saturated heterocycles. The van der Waals surface area contributed by atoms with Gasteiger partial charge in [0.1, 0.15) is 0 Å². The molecule has 0 bridgehead atoms. The van der Waals surface area contributed by atoms with Gasteiger partial charge >= 0.3 is 0 Å². The van der Waals surface area contributed by atoms with Crippen LogP contribution in [-0.2, 0) is 11.3 Å². The van der Waals surface area contributed by atoms with Crippen molar-refractivity contribution in [3.63, 3.8) is 0 Å². The summed E-state index contributed by atoms with van der Waals surface area (Å²) in [4.78, 5) is 13.1. The quantitative estimate of drug-likeness (QED) is 0.591. The van der Waals surface area contributed by atoms with E-state index < -0.39 is 0 Å². The number of rotatable bonds is 0. The highest BCUT2D eigenvalue weighted by Crippen LogP contribution is 2.32. The Morgan fingerprint density at radius 2 is 2.15 bits per heavy atom. The Balaban J connectivity index is 2.38. The lowest BCUT2D eigenvalue weighted by Crippen LogP contribution is -2.25. The van der Waals surface area contributed by atoms with E-state index in [1.54, 1.807) is 6.92 Å². The van der Waals surface area contributed by atoms with Crippen molar-refractivity contribution in [2.75, 3.05) is 0 Å². The van der Waals surface area contributed by atoms with Crippen LogP contribution in [0.1, 0.15) is 31.0 Å². The summed E-state index contributed by atoms with van der Waals surface area (Å²) in [6.45, 7) is 4.47. The van der Waals surface area contributed by atoms with Crippen LogP contribution >= 0.6 is 0 Å². The smallest absolute Gasteiger partial charge is 0.220 e. The number of hydrogen-bond donors (Lipinski definition) is 0. The van der Waals surface area contributed by atoms with Gasteiger partial charge < -0.3 is 4.90 Å². The fourth-order valence-corrected chi connectivity index (χ4v) is 1.96. The van der Waals surface area contributed by atoms with E-state index in [1.165, 1.54) is 11.1 Å². The second kappa shape index (κ2) is 2.87. The summed E-state index contributed by atoms with van der Waals surface area (Å²) in [7, 11) is 0. The summed E-state index contributed by atoms with van der Waals surface area (Å²) in [5.41, 5.74) is 2.57. The van der Waals surface area contributed by atoms with Gasteiger partial charge in [-0.1, -0.05) is 24.3 Å². The van der Waals surface area contributed by atoms with Crippen LogP contribution in [0.5, 0.6) is 0 Å². The van der Waals surface area contributed by atoms with Gasteiger partial charge in [-0.3, -0.25) is 4.79 Å². The van der Waals surface area contributed by atoms with E-state index in [4.69, 9.17) is 0 Å². The van der Waals surface area contributed by atoms with Crippen molar-refractivity contribution in [1.29, 1.82) is 0 Å².